The van der Waals surface area contributed by atoms with Crippen molar-refractivity contribution in [2.75, 3.05) is 6.61 Å². The molecule has 0 radical (unpaired) electrons. The Morgan fingerprint density at radius 2 is 1.75 bits per heavy atom. The molecule has 0 rings (SSSR count). The van der Waals surface area contributed by atoms with Crippen molar-refractivity contribution in [2.45, 2.75) is 20.1 Å². The van der Waals surface area contributed by atoms with E-state index in [0.717, 1.165) is 0 Å². The molecule has 1 unspecified atom stereocenters. The summed E-state index contributed by atoms with van der Waals surface area (Å²) >= 11 is 0. The normalized spacial score (nSPS) is 14.5. The van der Waals surface area contributed by atoms with Crippen molar-refractivity contribution in [1.82, 2.24) is 0 Å². The first-order valence-corrected chi connectivity index (χ1v) is 4.47. The topological polar surface area (TPSA) is 104 Å². The van der Waals surface area contributed by atoms with Gasteiger partial charge in [-0.15, -0.1) is 0 Å². The Balaban J connectivity index is 4.50. The third kappa shape index (κ3) is 5.28. The summed E-state index contributed by atoms with van der Waals surface area (Å²) in [6.07, 6.45) is 0.931. The Labute approximate surface area is 92.5 Å². The largest absolute Gasteiger partial charge is 0.478 e. The van der Waals surface area contributed by atoms with Gasteiger partial charge in [-0.05, 0) is 13.8 Å². The lowest BCUT2D eigenvalue weighted by Gasteiger charge is -2.08. The van der Waals surface area contributed by atoms with Crippen molar-refractivity contribution in [3.8, 4) is 0 Å². The number of hydrogen-bond acceptors (Lipinski definition) is 5. The fourth-order valence-corrected chi connectivity index (χ4v) is 0.643. The van der Waals surface area contributed by atoms with Crippen LogP contribution in [0.4, 0.5) is 0 Å². The van der Waals surface area contributed by atoms with Gasteiger partial charge in [-0.3, -0.25) is 0 Å². The smallest absolute Gasteiger partial charge is 0.336 e. The van der Waals surface area contributed by atoms with Gasteiger partial charge < -0.3 is 20.1 Å². The molecular formula is C10H14O6. The minimum atomic E-state index is -1.57. The molecule has 16 heavy (non-hydrogen) atoms. The number of aliphatic carboxylic acids is 1. The van der Waals surface area contributed by atoms with E-state index in [0.29, 0.717) is 0 Å². The first-order chi connectivity index (χ1) is 7.38. The fourth-order valence-electron chi connectivity index (χ4n) is 0.643. The zero-order valence-electron chi connectivity index (χ0n) is 9.01. The van der Waals surface area contributed by atoms with Crippen LogP contribution in [0.2, 0.25) is 0 Å². The average molecular weight is 230 g/mol. The number of ether oxygens (including phenoxy) is 1. The molecule has 0 aromatic carbocycles. The highest BCUT2D eigenvalue weighted by Crippen LogP contribution is 2.02. The molecule has 90 valence electrons. The van der Waals surface area contributed by atoms with Gasteiger partial charge in [0.25, 0.3) is 0 Å². The van der Waals surface area contributed by atoms with Gasteiger partial charge >= 0.3 is 11.9 Å². The maximum Gasteiger partial charge on any atom is 0.336 e. The Bertz CT molecular complexity index is 328. The van der Waals surface area contributed by atoms with Gasteiger partial charge in [0.15, 0.2) is 0 Å². The van der Waals surface area contributed by atoms with Crippen molar-refractivity contribution in [3.05, 3.63) is 23.3 Å². The van der Waals surface area contributed by atoms with Crippen LogP contribution in [0.15, 0.2) is 23.3 Å². The Morgan fingerprint density at radius 3 is 2.19 bits per heavy atom. The van der Waals surface area contributed by atoms with E-state index >= 15 is 0 Å². The molecule has 0 aromatic rings. The molecule has 3 N–H and O–H groups in total. The highest BCUT2D eigenvalue weighted by molar-refractivity contribution is 5.89. The summed E-state index contributed by atoms with van der Waals surface area (Å²) in [6, 6.07) is 0. The van der Waals surface area contributed by atoms with E-state index in [-0.39, 0.29) is 11.1 Å². The van der Waals surface area contributed by atoms with E-state index in [2.05, 4.69) is 4.74 Å². The molecule has 0 spiro atoms. The highest BCUT2D eigenvalue weighted by atomic mass is 16.6. The van der Waals surface area contributed by atoms with Gasteiger partial charge in [-0.2, -0.15) is 0 Å². The number of hydrogen-bond donors (Lipinski definition) is 3. The highest BCUT2D eigenvalue weighted by Gasteiger charge is 2.11. The minimum Gasteiger partial charge on any atom is -0.478 e. The third-order valence-electron chi connectivity index (χ3n) is 1.64. The molecule has 1 atom stereocenters. The van der Waals surface area contributed by atoms with E-state index in [9.17, 15) is 9.59 Å². The summed E-state index contributed by atoms with van der Waals surface area (Å²) in [5.74, 6) is -1.91. The fraction of sp³-hybridized carbons (Fsp3) is 0.400. The molecular weight excluding hydrogens is 216 g/mol. The molecule has 0 saturated heterocycles. The summed E-state index contributed by atoms with van der Waals surface area (Å²) in [6.45, 7) is 2.08. The van der Waals surface area contributed by atoms with Crippen LogP contribution < -0.4 is 0 Å². The first kappa shape index (κ1) is 14.3. The van der Waals surface area contributed by atoms with Crippen LogP contribution >= 0.6 is 0 Å². The number of aliphatic hydroxyl groups is 2. The van der Waals surface area contributed by atoms with Gasteiger partial charge in [0.2, 0.25) is 6.29 Å². The molecule has 6 heteroatoms. The van der Waals surface area contributed by atoms with Gasteiger partial charge in [-0.1, -0.05) is 12.2 Å². The van der Waals surface area contributed by atoms with Crippen LogP contribution in [0.25, 0.3) is 0 Å². The van der Waals surface area contributed by atoms with Crippen molar-refractivity contribution in [2.24, 2.45) is 0 Å². The standard InChI is InChI=1S/C10H14O6/c1-6(9(13)14)3-4-7(2)10(15)16-8(12)5-11/h3-4,8,11-12H,5H2,1-2H3,(H,13,14). The molecule has 6 nitrogen and oxygen atoms in total. The molecule has 0 aliphatic carbocycles. The number of aliphatic hydroxyl groups excluding tert-OH is 2. The number of carbonyl (C=O) groups excluding carboxylic acids is 1. The SMILES string of the molecule is CC(=CC=C(C)C(=O)OC(O)CO)C(=O)O. The summed E-state index contributed by atoms with van der Waals surface area (Å²) in [4.78, 5) is 21.6. The van der Waals surface area contributed by atoms with Crippen LogP contribution in [-0.4, -0.2) is 40.2 Å². The number of rotatable bonds is 5. The van der Waals surface area contributed by atoms with Crippen LogP contribution in [0.3, 0.4) is 0 Å². The molecule has 0 heterocycles. The summed E-state index contributed by atoms with van der Waals surface area (Å²) in [7, 11) is 0. The average Bonchev–Trinajstić information content (AvgIpc) is 2.24. The molecule has 0 amide bonds. The number of allylic oxidation sites excluding steroid dienone is 2. The second-order valence-electron chi connectivity index (χ2n) is 3.05. The van der Waals surface area contributed by atoms with Gasteiger partial charge in [0.1, 0.15) is 6.61 Å². The molecule has 0 aromatic heterocycles. The van der Waals surface area contributed by atoms with Gasteiger partial charge in [0, 0.05) is 11.1 Å². The van der Waals surface area contributed by atoms with Crippen LogP contribution in [0, 0.1) is 0 Å². The predicted molar refractivity (Wildman–Crippen MR) is 54.3 cm³/mol. The van der Waals surface area contributed by atoms with Crippen molar-refractivity contribution < 1.29 is 29.6 Å². The Morgan fingerprint density at radius 1 is 1.25 bits per heavy atom. The number of esters is 1. The lowest BCUT2D eigenvalue weighted by molar-refractivity contribution is -0.168. The van der Waals surface area contributed by atoms with Crippen LogP contribution in [0.5, 0.6) is 0 Å². The second kappa shape index (κ2) is 6.76. The first-order valence-electron chi connectivity index (χ1n) is 4.47. The lowest BCUT2D eigenvalue weighted by atomic mass is 10.2. The van der Waals surface area contributed by atoms with E-state index in [1.54, 1.807) is 0 Å². The zero-order valence-corrected chi connectivity index (χ0v) is 9.01. The molecule has 0 fully saturated rings. The second-order valence-corrected chi connectivity index (χ2v) is 3.05. The molecule has 0 saturated carbocycles. The predicted octanol–water partition coefficient (Wildman–Crippen LogP) is -0.182. The van der Waals surface area contributed by atoms with E-state index in [1.165, 1.54) is 26.0 Å². The van der Waals surface area contributed by atoms with Crippen LogP contribution in [0.1, 0.15) is 13.8 Å². The number of carbonyl (C=O) groups is 2. The Hall–Kier alpha value is -1.66. The maximum atomic E-state index is 11.2. The quantitative estimate of drug-likeness (QED) is 0.262. The lowest BCUT2D eigenvalue weighted by Crippen LogP contribution is -2.21. The third-order valence-corrected chi connectivity index (χ3v) is 1.64. The Kier molecular flexibility index (Phi) is 6.06. The summed E-state index contributed by atoms with van der Waals surface area (Å²) < 4.78 is 4.38. The van der Waals surface area contributed by atoms with Gasteiger partial charge in [0.05, 0.1) is 0 Å². The van der Waals surface area contributed by atoms with E-state index < -0.39 is 24.8 Å². The molecule has 0 aliphatic heterocycles. The van der Waals surface area contributed by atoms with E-state index in [4.69, 9.17) is 15.3 Å². The van der Waals surface area contributed by atoms with Crippen molar-refractivity contribution >= 4 is 11.9 Å². The number of carboxylic acid groups (broad SMARTS) is 1. The minimum absolute atomic E-state index is 0.0647. The maximum absolute atomic E-state index is 11.2. The summed E-state index contributed by atoms with van der Waals surface area (Å²) in [5.41, 5.74) is 0.183. The van der Waals surface area contributed by atoms with Gasteiger partial charge in [-0.25, -0.2) is 9.59 Å². The van der Waals surface area contributed by atoms with E-state index in [1.807, 2.05) is 0 Å². The molecule has 0 bridgehead atoms. The van der Waals surface area contributed by atoms with Crippen molar-refractivity contribution in [1.29, 1.82) is 0 Å². The number of carboxylic acids is 1. The summed E-state index contributed by atoms with van der Waals surface area (Å²) in [5, 5.41) is 25.8. The van der Waals surface area contributed by atoms with Crippen LogP contribution in [-0.2, 0) is 14.3 Å². The monoisotopic (exact) mass is 230 g/mol. The van der Waals surface area contributed by atoms with Crippen molar-refractivity contribution in [3.63, 3.8) is 0 Å². The molecule has 0 aliphatic rings. The zero-order chi connectivity index (χ0) is 12.7.